The van der Waals surface area contributed by atoms with E-state index < -0.39 is 0 Å². The van der Waals surface area contributed by atoms with Crippen LogP contribution in [0, 0.1) is 0 Å². The largest absolute Gasteiger partial charge is 0.355 e. The quantitative estimate of drug-likeness (QED) is 0.743. The molecule has 0 atom stereocenters. The summed E-state index contributed by atoms with van der Waals surface area (Å²) in [6.45, 7) is 5.69. The van der Waals surface area contributed by atoms with E-state index in [1.54, 1.807) is 7.05 Å². The molecule has 0 bridgehead atoms. The van der Waals surface area contributed by atoms with Crippen LogP contribution in [0.2, 0.25) is 0 Å². The average Bonchev–Trinajstić information content (AvgIpc) is 3.00. The number of hydrogen-bond donors (Lipinski definition) is 2. The Morgan fingerprint density at radius 2 is 1.90 bits per heavy atom. The minimum Gasteiger partial charge on any atom is -0.355 e. The monoisotopic (exact) mass is 275 g/mol. The highest BCUT2D eigenvalue weighted by Gasteiger charge is 2.09. The molecule has 1 saturated heterocycles. The molecule has 1 aliphatic heterocycles. The number of benzene rings is 1. The zero-order valence-corrected chi connectivity index (χ0v) is 12.3. The van der Waals surface area contributed by atoms with Crippen molar-refractivity contribution in [2.75, 3.05) is 33.2 Å². The first-order chi connectivity index (χ1) is 9.79. The van der Waals surface area contributed by atoms with Crippen molar-refractivity contribution in [2.24, 2.45) is 0 Å². The fraction of sp³-hybridized carbons (Fsp3) is 0.562. The predicted octanol–water partition coefficient (Wildman–Crippen LogP) is 1.62. The van der Waals surface area contributed by atoms with Crippen LogP contribution in [0.3, 0.4) is 0 Å². The summed E-state index contributed by atoms with van der Waals surface area (Å²) >= 11 is 0. The van der Waals surface area contributed by atoms with Gasteiger partial charge in [0, 0.05) is 19.2 Å². The van der Waals surface area contributed by atoms with E-state index >= 15 is 0 Å². The van der Waals surface area contributed by atoms with E-state index in [1.165, 1.54) is 44.5 Å². The number of likely N-dealkylation sites (tertiary alicyclic amines) is 1. The highest BCUT2D eigenvalue weighted by molar-refractivity contribution is 5.93. The topological polar surface area (TPSA) is 44.4 Å². The SMILES string of the molecule is CNC(=O)c1ccc(CNCCCN2CCCC2)cc1. The van der Waals surface area contributed by atoms with E-state index in [0.29, 0.717) is 5.56 Å². The Hall–Kier alpha value is -1.39. The molecule has 0 aromatic heterocycles. The van der Waals surface area contributed by atoms with Crippen molar-refractivity contribution in [3.05, 3.63) is 35.4 Å². The van der Waals surface area contributed by atoms with E-state index in [0.717, 1.165) is 13.1 Å². The number of hydrogen-bond acceptors (Lipinski definition) is 3. The number of rotatable bonds is 7. The molecular formula is C16H25N3O. The Labute approximate surface area is 121 Å². The molecule has 1 aromatic rings. The molecule has 20 heavy (non-hydrogen) atoms. The van der Waals surface area contributed by atoms with Crippen molar-refractivity contribution in [2.45, 2.75) is 25.8 Å². The normalized spacial score (nSPS) is 15.4. The van der Waals surface area contributed by atoms with Gasteiger partial charge in [-0.3, -0.25) is 4.79 Å². The molecule has 2 N–H and O–H groups in total. The number of carbonyl (C=O) groups excluding carboxylic acids is 1. The maximum Gasteiger partial charge on any atom is 0.251 e. The third-order valence-corrected chi connectivity index (χ3v) is 3.80. The Bertz CT molecular complexity index is 410. The van der Waals surface area contributed by atoms with Gasteiger partial charge >= 0.3 is 0 Å². The van der Waals surface area contributed by atoms with Crippen LogP contribution < -0.4 is 10.6 Å². The van der Waals surface area contributed by atoms with Crippen molar-refractivity contribution in [3.8, 4) is 0 Å². The molecule has 0 radical (unpaired) electrons. The number of amides is 1. The molecule has 0 spiro atoms. The Morgan fingerprint density at radius 3 is 2.55 bits per heavy atom. The van der Waals surface area contributed by atoms with Gasteiger partial charge in [-0.05, 0) is 63.1 Å². The Morgan fingerprint density at radius 1 is 1.20 bits per heavy atom. The molecule has 2 rings (SSSR count). The summed E-state index contributed by atoms with van der Waals surface area (Å²) < 4.78 is 0. The Kier molecular flexibility index (Phi) is 6.02. The number of nitrogens with zero attached hydrogens (tertiary/aromatic N) is 1. The first-order valence-corrected chi connectivity index (χ1v) is 7.53. The fourth-order valence-electron chi connectivity index (χ4n) is 2.58. The van der Waals surface area contributed by atoms with Gasteiger partial charge in [0.25, 0.3) is 5.91 Å². The van der Waals surface area contributed by atoms with Gasteiger partial charge in [-0.1, -0.05) is 12.1 Å². The second-order valence-corrected chi connectivity index (χ2v) is 5.36. The van der Waals surface area contributed by atoms with Crippen molar-refractivity contribution >= 4 is 5.91 Å². The van der Waals surface area contributed by atoms with Gasteiger partial charge in [-0.15, -0.1) is 0 Å². The minimum atomic E-state index is -0.0323. The average molecular weight is 275 g/mol. The summed E-state index contributed by atoms with van der Waals surface area (Å²) in [7, 11) is 1.65. The summed E-state index contributed by atoms with van der Waals surface area (Å²) in [6, 6.07) is 7.77. The van der Waals surface area contributed by atoms with Crippen LogP contribution in [0.5, 0.6) is 0 Å². The molecule has 110 valence electrons. The van der Waals surface area contributed by atoms with Crippen molar-refractivity contribution in [3.63, 3.8) is 0 Å². The summed E-state index contributed by atoms with van der Waals surface area (Å²) in [6.07, 6.45) is 3.94. The minimum absolute atomic E-state index is 0.0323. The number of nitrogens with one attached hydrogen (secondary N) is 2. The molecule has 1 fully saturated rings. The first kappa shape index (κ1) is 15.0. The third kappa shape index (κ3) is 4.62. The van der Waals surface area contributed by atoms with E-state index in [1.807, 2.05) is 24.3 Å². The van der Waals surface area contributed by atoms with Gasteiger partial charge in [0.05, 0.1) is 0 Å². The standard InChI is InChI=1S/C16H25N3O/c1-17-16(20)15-7-5-14(6-8-15)13-18-9-4-12-19-10-2-3-11-19/h5-8,18H,2-4,9-13H2,1H3,(H,17,20). The molecule has 0 aliphatic carbocycles. The van der Waals surface area contributed by atoms with Crippen LogP contribution in [-0.4, -0.2) is 44.0 Å². The molecule has 0 saturated carbocycles. The molecular weight excluding hydrogens is 250 g/mol. The van der Waals surface area contributed by atoms with Crippen LogP contribution >= 0.6 is 0 Å². The van der Waals surface area contributed by atoms with Crippen LogP contribution in [0.4, 0.5) is 0 Å². The van der Waals surface area contributed by atoms with Gasteiger partial charge in [0.15, 0.2) is 0 Å². The van der Waals surface area contributed by atoms with Gasteiger partial charge in [-0.2, -0.15) is 0 Å². The third-order valence-electron chi connectivity index (χ3n) is 3.80. The van der Waals surface area contributed by atoms with E-state index in [9.17, 15) is 4.79 Å². The molecule has 1 amide bonds. The summed E-state index contributed by atoms with van der Waals surface area (Å²) in [5, 5.41) is 6.09. The molecule has 1 heterocycles. The lowest BCUT2D eigenvalue weighted by molar-refractivity contribution is 0.0963. The summed E-state index contributed by atoms with van der Waals surface area (Å²) in [5.41, 5.74) is 1.93. The van der Waals surface area contributed by atoms with Crippen LogP contribution in [0.15, 0.2) is 24.3 Å². The Balaban J connectivity index is 1.62. The second kappa shape index (κ2) is 8.02. The molecule has 0 unspecified atom stereocenters. The van der Waals surface area contributed by atoms with Crippen LogP contribution in [0.1, 0.15) is 35.2 Å². The highest BCUT2D eigenvalue weighted by Crippen LogP contribution is 2.07. The van der Waals surface area contributed by atoms with Gasteiger partial charge < -0.3 is 15.5 Å². The zero-order valence-electron chi connectivity index (χ0n) is 12.3. The summed E-state index contributed by atoms with van der Waals surface area (Å²) in [5.74, 6) is -0.0323. The van der Waals surface area contributed by atoms with Crippen LogP contribution in [-0.2, 0) is 6.54 Å². The predicted molar refractivity (Wildman–Crippen MR) is 81.8 cm³/mol. The maximum atomic E-state index is 11.4. The maximum absolute atomic E-state index is 11.4. The lowest BCUT2D eigenvalue weighted by Gasteiger charge is -2.14. The van der Waals surface area contributed by atoms with E-state index in [4.69, 9.17) is 0 Å². The lowest BCUT2D eigenvalue weighted by Crippen LogP contribution is -2.24. The molecule has 4 heteroatoms. The van der Waals surface area contributed by atoms with Crippen LogP contribution in [0.25, 0.3) is 0 Å². The van der Waals surface area contributed by atoms with Crippen molar-refractivity contribution in [1.29, 1.82) is 0 Å². The van der Waals surface area contributed by atoms with Gasteiger partial charge in [0.1, 0.15) is 0 Å². The second-order valence-electron chi connectivity index (χ2n) is 5.36. The summed E-state index contributed by atoms with van der Waals surface area (Å²) in [4.78, 5) is 14.0. The zero-order chi connectivity index (χ0) is 14.2. The van der Waals surface area contributed by atoms with E-state index in [-0.39, 0.29) is 5.91 Å². The van der Waals surface area contributed by atoms with Gasteiger partial charge in [0.2, 0.25) is 0 Å². The van der Waals surface area contributed by atoms with Crippen molar-refractivity contribution < 1.29 is 4.79 Å². The molecule has 1 aliphatic rings. The smallest absolute Gasteiger partial charge is 0.251 e. The molecule has 1 aromatic carbocycles. The first-order valence-electron chi connectivity index (χ1n) is 7.53. The van der Waals surface area contributed by atoms with Gasteiger partial charge in [-0.25, -0.2) is 0 Å². The lowest BCUT2D eigenvalue weighted by atomic mass is 10.1. The molecule has 4 nitrogen and oxygen atoms in total. The van der Waals surface area contributed by atoms with E-state index in [2.05, 4.69) is 15.5 Å². The van der Waals surface area contributed by atoms with Crippen molar-refractivity contribution in [1.82, 2.24) is 15.5 Å². The highest BCUT2D eigenvalue weighted by atomic mass is 16.1. The number of carbonyl (C=O) groups is 1. The fourth-order valence-corrected chi connectivity index (χ4v) is 2.58.